The van der Waals surface area contributed by atoms with Crippen molar-refractivity contribution in [3.05, 3.63) is 0 Å². The lowest BCUT2D eigenvalue weighted by Gasteiger charge is -2.14. The number of carbonyl (C=O) groups excluding carboxylic acids is 1. The molecule has 1 aliphatic carbocycles. The molecule has 1 fully saturated rings. The van der Waals surface area contributed by atoms with Crippen molar-refractivity contribution in [1.29, 1.82) is 0 Å². The zero-order valence-corrected chi connectivity index (χ0v) is 9.80. The second kappa shape index (κ2) is 4.91. The highest BCUT2D eigenvalue weighted by atomic mass is 32.2. The molecule has 4 heteroatoms. The van der Waals surface area contributed by atoms with E-state index in [1.165, 1.54) is 7.11 Å². The summed E-state index contributed by atoms with van der Waals surface area (Å²) < 4.78 is 16.5. The Kier molecular flexibility index (Phi) is 4.11. The third-order valence-electron chi connectivity index (χ3n) is 2.26. The summed E-state index contributed by atoms with van der Waals surface area (Å²) in [7, 11) is 0.305. The fraction of sp³-hybridized carbons (Fsp3) is 0.900. The van der Waals surface area contributed by atoms with Crippen LogP contribution in [0.3, 0.4) is 0 Å². The Balaban J connectivity index is 2.57. The van der Waals surface area contributed by atoms with Gasteiger partial charge in [0.05, 0.1) is 7.11 Å². The summed E-state index contributed by atoms with van der Waals surface area (Å²) >= 11 is 0. The normalized spacial score (nSPS) is 20.6. The van der Waals surface area contributed by atoms with Crippen LogP contribution in [-0.4, -0.2) is 28.3 Å². The van der Waals surface area contributed by atoms with E-state index in [0.29, 0.717) is 17.6 Å². The van der Waals surface area contributed by atoms with Crippen molar-refractivity contribution in [2.24, 2.45) is 11.8 Å². The molecule has 0 heterocycles. The lowest BCUT2D eigenvalue weighted by Crippen LogP contribution is -2.31. The first-order valence-corrected chi connectivity index (χ1v) is 6.39. The SMILES string of the molecule is COC(=O)C(C1CC1)S(=O)CC(C)C. The highest BCUT2D eigenvalue weighted by Gasteiger charge is 2.41. The van der Waals surface area contributed by atoms with Gasteiger partial charge in [-0.05, 0) is 24.7 Å². The van der Waals surface area contributed by atoms with E-state index in [4.69, 9.17) is 0 Å². The van der Waals surface area contributed by atoms with Gasteiger partial charge in [0.2, 0.25) is 0 Å². The van der Waals surface area contributed by atoms with Crippen LogP contribution < -0.4 is 0 Å². The van der Waals surface area contributed by atoms with Crippen molar-refractivity contribution >= 4 is 16.8 Å². The van der Waals surface area contributed by atoms with Crippen molar-refractivity contribution in [3.63, 3.8) is 0 Å². The van der Waals surface area contributed by atoms with Crippen molar-refractivity contribution in [2.45, 2.75) is 31.9 Å². The van der Waals surface area contributed by atoms with Crippen LogP contribution in [0.1, 0.15) is 26.7 Å². The number of rotatable bonds is 5. The van der Waals surface area contributed by atoms with E-state index in [1.807, 2.05) is 13.8 Å². The minimum Gasteiger partial charge on any atom is -0.468 e. The van der Waals surface area contributed by atoms with Crippen molar-refractivity contribution in [3.8, 4) is 0 Å². The molecular formula is C10H18O3S. The van der Waals surface area contributed by atoms with Gasteiger partial charge in [-0.1, -0.05) is 13.8 Å². The number of carbonyl (C=O) groups is 1. The monoisotopic (exact) mass is 218 g/mol. The van der Waals surface area contributed by atoms with E-state index in [-0.39, 0.29) is 11.2 Å². The maximum absolute atomic E-state index is 11.8. The van der Waals surface area contributed by atoms with Crippen LogP contribution in [0.4, 0.5) is 0 Å². The molecule has 0 aromatic rings. The molecule has 1 aliphatic rings. The van der Waals surface area contributed by atoms with Gasteiger partial charge in [-0.2, -0.15) is 0 Å². The Morgan fingerprint density at radius 2 is 2.07 bits per heavy atom. The first kappa shape index (κ1) is 11.7. The molecule has 0 aliphatic heterocycles. The standard InChI is InChI=1S/C10H18O3S/c1-7(2)6-14(12)9(8-4-5-8)10(11)13-3/h7-9H,4-6H2,1-3H3. The summed E-state index contributed by atoms with van der Waals surface area (Å²) in [5.74, 6) is 0.964. The molecule has 0 aromatic heterocycles. The first-order valence-electron chi connectivity index (χ1n) is 5.01. The molecule has 14 heavy (non-hydrogen) atoms. The minimum atomic E-state index is -1.06. The molecule has 0 N–H and O–H groups in total. The van der Waals surface area contributed by atoms with E-state index in [0.717, 1.165) is 12.8 Å². The zero-order chi connectivity index (χ0) is 10.7. The Bertz CT molecular complexity index is 234. The van der Waals surface area contributed by atoms with Crippen molar-refractivity contribution in [1.82, 2.24) is 0 Å². The smallest absolute Gasteiger partial charge is 0.321 e. The first-order chi connectivity index (χ1) is 6.56. The van der Waals surface area contributed by atoms with Crippen molar-refractivity contribution in [2.75, 3.05) is 12.9 Å². The minimum absolute atomic E-state index is 0.300. The predicted octanol–water partition coefficient (Wildman–Crippen LogP) is 1.34. The van der Waals surface area contributed by atoms with Gasteiger partial charge in [-0.3, -0.25) is 9.00 Å². The predicted molar refractivity (Wildman–Crippen MR) is 56.4 cm³/mol. The second-order valence-electron chi connectivity index (χ2n) is 4.22. The van der Waals surface area contributed by atoms with Gasteiger partial charge in [0.15, 0.2) is 0 Å². The van der Waals surface area contributed by atoms with Gasteiger partial charge in [0, 0.05) is 16.6 Å². The topological polar surface area (TPSA) is 43.4 Å². The van der Waals surface area contributed by atoms with Crippen LogP contribution in [0.25, 0.3) is 0 Å². The molecule has 0 radical (unpaired) electrons. The van der Waals surface area contributed by atoms with Gasteiger partial charge in [0.1, 0.15) is 5.25 Å². The van der Waals surface area contributed by atoms with Gasteiger partial charge in [0.25, 0.3) is 0 Å². The second-order valence-corrected chi connectivity index (χ2v) is 5.83. The van der Waals surface area contributed by atoms with Crippen LogP contribution in [0.2, 0.25) is 0 Å². The van der Waals surface area contributed by atoms with Gasteiger partial charge >= 0.3 is 5.97 Å². The average Bonchev–Trinajstić information content (AvgIpc) is 2.87. The van der Waals surface area contributed by atoms with E-state index in [2.05, 4.69) is 4.74 Å². The Morgan fingerprint density at radius 1 is 1.50 bits per heavy atom. The van der Waals surface area contributed by atoms with E-state index in [9.17, 15) is 9.00 Å². The summed E-state index contributed by atoms with van der Waals surface area (Å²) in [5.41, 5.74) is 0. The lowest BCUT2D eigenvalue weighted by molar-refractivity contribution is -0.140. The fourth-order valence-corrected chi connectivity index (χ4v) is 3.34. The van der Waals surface area contributed by atoms with E-state index >= 15 is 0 Å². The molecule has 0 bridgehead atoms. The Morgan fingerprint density at radius 3 is 2.43 bits per heavy atom. The maximum Gasteiger partial charge on any atom is 0.321 e. The van der Waals surface area contributed by atoms with Crippen LogP contribution >= 0.6 is 0 Å². The highest BCUT2D eigenvalue weighted by molar-refractivity contribution is 7.86. The van der Waals surface area contributed by atoms with Crippen LogP contribution in [0.15, 0.2) is 0 Å². The third kappa shape index (κ3) is 3.08. The van der Waals surface area contributed by atoms with Crippen LogP contribution in [0, 0.1) is 11.8 Å². The van der Waals surface area contributed by atoms with Gasteiger partial charge in [-0.25, -0.2) is 0 Å². The van der Waals surface area contributed by atoms with Gasteiger partial charge in [-0.15, -0.1) is 0 Å². The number of hydrogen-bond acceptors (Lipinski definition) is 3. The Hall–Kier alpha value is -0.380. The summed E-state index contributed by atoms with van der Waals surface area (Å²) in [6, 6.07) is 0. The summed E-state index contributed by atoms with van der Waals surface area (Å²) in [6.07, 6.45) is 2.03. The number of methoxy groups -OCH3 is 1. The van der Waals surface area contributed by atoms with Gasteiger partial charge < -0.3 is 4.74 Å². The molecular weight excluding hydrogens is 200 g/mol. The zero-order valence-electron chi connectivity index (χ0n) is 8.99. The molecule has 2 atom stereocenters. The molecule has 2 unspecified atom stereocenters. The Labute approximate surface area is 87.7 Å². The molecule has 0 aromatic carbocycles. The molecule has 82 valence electrons. The fourth-order valence-electron chi connectivity index (χ4n) is 1.46. The molecule has 3 nitrogen and oxygen atoms in total. The number of esters is 1. The lowest BCUT2D eigenvalue weighted by atomic mass is 10.3. The van der Waals surface area contributed by atoms with Crippen LogP contribution in [0.5, 0.6) is 0 Å². The maximum atomic E-state index is 11.8. The quantitative estimate of drug-likeness (QED) is 0.654. The third-order valence-corrected chi connectivity index (χ3v) is 4.40. The summed E-state index contributed by atoms with van der Waals surface area (Å²) in [5, 5.41) is -0.373. The summed E-state index contributed by atoms with van der Waals surface area (Å²) in [4.78, 5) is 11.4. The molecule has 0 spiro atoms. The van der Waals surface area contributed by atoms with Crippen molar-refractivity contribution < 1.29 is 13.7 Å². The molecule has 1 rings (SSSR count). The molecule has 1 saturated carbocycles. The summed E-state index contributed by atoms with van der Waals surface area (Å²) in [6.45, 7) is 4.03. The van der Waals surface area contributed by atoms with Crippen LogP contribution in [-0.2, 0) is 20.3 Å². The largest absolute Gasteiger partial charge is 0.468 e. The average molecular weight is 218 g/mol. The number of ether oxygens (including phenoxy) is 1. The van der Waals surface area contributed by atoms with E-state index < -0.39 is 10.8 Å². The number of hydrogen-bond donors (Lipinski definition) is 0. The molecule has 0 saturated heterocycles. The molecule has 0 amide bonds. The van der Waals surface area contributed by atoms with E-state index in [1.54, 1.807) is 0 Å². The highest BCUT2D eigenvalue weighted by Crippen LogP contribution is 2.36.